The fraction of sp³-hybridized carbons (Fsp3) is 0.522. The summed E-state index contributed by atoms with van der Waals surface area (Å²) in [6.07, 6.45) is 4.77. The van der Waals surface area contributed by atoms with Gasteiger partial charge in [0.2, 0.25) is 5.91 Å². The lowest BCUT2D eigenvalue weighted by Crippen LogP contribution is -2.42. The Morgan fingerprint density at radius 3 is 2.05 bits per heavy atom. The van der Waals surface area contributed by atoms with E-state index in [4.69, 9.17) is 9.47 Å². The molecule has 0 atom stereocenters. The molecule has 0 unspecified atom stereocenters. The van der Waals surface area contributed by atoms with Crippen molar-refractivity contribution in [3.05, 3.63) is 84.4 Å². The van der Waals surface area contributed by atoms with Crippen molar-refractivity contribution in [2.75, 3.05) is 83.7 Å². The molecule has 2 saturated heterocycles. The number of rotatable bonds is 15. The van der Waals surface area contributed by atoms with Crippen molar-refractivity contribution in [2.45, 2.75) is 77.4 Å². The standard InChI is InChI=1S/C46H64N6O6/c1-46(2,3)58-45(56)50(6)28-12-27-49(5)43(54)37-18-20-38(21-19-37)52-31-23-35(24-32-52)17-22-42(53)48(4)33-34-51-29-25-39(26-30-51)57-44(55)47-41-16-11-10-15-40(41)36-13-8-7-9-14-36/h7-11,13-16,18-21,35,39H,12,17,22-34H2,1-6H3,(H,47,55). The molecular weight excluding hydrogens is 733 g/mol. The Morgan fingerprint density at radius 2 is 1.38 bits per heavy atom. The van der Waals surface area contributed by atoms with Crippen LogP contribution in [-0.4, -0.2) is 129 Å². The summed E-state index contributed by atoms with van der Waals surface area (Å²) in [6.45, 7) is 11.5. The molecule has 0 aliphatic carbocycles. The minimum absolute atomic E-state index is 0.0438. The maximum atomic E-state index is 13.1. The highest BCUT2D eigenvalue weighted by Crippen LogP contribution is 2.29. The second kappa shape index (κ2) is 21.1. The average Bonchev–Trinajstić information content (AvgIpc) is 3.22. The van der Waals surface area contributed by atoms with E-state index in [0.29, 0.717) is 44.0 Å². The van der Waals surface area contributed by atoms with Gasteiger partial charge >= 0.3 is 12.2 Å². The zero-order valence-electron chi connectivity index (χ0n) is 35.5. The van der Waals surface area contributed by atoms with Crippen LogP contribution in [0.4, 0.5) is 21.0 Å². The average molecular weight is 797 g/mol. The van der Waals surface area contributed by atoms with E-state index >= 15 is 0 Å². The summed E-state index contributed by atoms with van der Waals surface area (Å²) >= 11 is 0. The summed E-state index contributed by atoms with van der Waals surface area (Å²) in [5.74, 6) is 0.659. The number of carbonyl (C=O) groups is 4. The molecule has 58 heavy (non-hydrogen) atoms. The van der Waals surface area contributed by atoms with Crippen molar-refractivity contribution in [1.82, 2.24) is 19.6 Å². The maximum Gasteiger partial charge on any atom is 0.411 e. The van der Waals surface area contributed by atoms with Crippen LogP contribution in [0.15, 0.2) is 78.9 Å². The Labute approximate surface area is 345 Å². The molecule has 2 heterocycles. The van der Waals surface area contributed by atoms with E-state index in [-0.39, 0.29) is 24.0 Å². The number of hydrogen-bond acceptors (Lipinski definition) is 8. The number of para-hydroxylation sites is 1. The first-order valence-corrected chi connectivity index (χ1v) is 20.9. The summed E-state index contributed by atoms with van der Waals surface area (Å²) in [7, 11) is 5.39. The molecule has 0 bridgehead atoms. The molecule has 4 amide bonds. The van der Waals surface area contributed by atoms with Crippen LogP contribution in [0.1, 0.15) is 76.1 Å². The van der Waals surface area contributed by atoms with E-state index < -0.39 is 11.7 Å². The molecule has 1 N–H and O–H groups in total. The number of hydrogen-bond donors (Lipinski definition) is 1. The van der Waals surface area contributed by atoms with Gasteiger partial charge in [0.05, 0.1) is 5.69 Å². The van der Waals surface area contributed by atoms with E-state index in [1.807, 2.05) is 112 Å². The van der Waals surface area contributed by atoms with Gasteiger partial charge in [-0.2, -0.15) is 0 Å². The Bertz CT molecular complexity index is 1780. The number of anilines is 2. The minimum atomic E-state index is -0.542. The van der Waals surface area contributed by atoms with E-state index in [0.717, 1.165) is 87.3 Å². The van der Waals surface area contributed by atoms with Crippen LogP contribution in [0.25, 0.3) is 11.1 Å². The summed E-state index contributed by atoms with van der Waals surface area (Å²) in [5.41, 5.74) is 3.92. The molecule has 3 aromatic carbocycles. The fourth-order valence-corrected chi connectivity index (χ4v) is 7.53. The first-order valence-electron chi connectivity index (χ1n) is 20.9. The number of benzene rings is 3. The van der Waals surface area contributed by atoms with Crippen LogP contribution in [-0.2, 0) is 14.3 Å². The van der Waals surface area contributed by atoms with Gasteiger partial charge in [0.1, 0.15) is 11.7 Å². The largest absolute Gasteiger partial charge is 0.446 e. The lowest BCUT2D eigenvalue weighted by Gasteiger charge is -2.34. The Kier molecular flexibility index (Phi) is 16.0. The molecular formula is C46H64N6O6. The lowest BCUT2D eigenvalue weighted by molar-refractivity contribution is -0.130. The Hall–Kier alpha value is -5.10. The molecule has 0 saturated carbocycles. The van der Waals surface area contributed by atoms with Crippen LogP contribution < -0.4 is 10.2 Å². The Balaban J connectivity index is 0.934. The van der Waals surface area contributed by atoms with E-state index in [1.165, 1.54) is 0 Å². The smallest absolute Gasteiger partial charge is 0.411 e. The minimum Gasteiger partial charge on any atom is -0.446 e. The first-order chi connectivity index (χ1) is 27.8. The van der Waals surface area contributed by atoms with E-state index in [2.05, 4.69) is 15.1 Å². The van der Waals surface area contributed by atoms with E-state index in [1.54, 1.807) is 23.9 Å². The van der Waals surface area contributed by atoms with Gasteiger partial charge in [0.15, 0.2) is 0 Å². The van der Waals surface area contributed by atoms with Crippen molar-refractivity contribution in [2.24, 2.45) is 5.92 Å². The highest BCUT2D eigenvalue weighted by Gasteiger charge is 2.25. The Morgan fingerprint density at radius 1 is 0.741 bits per heavy atom. The van der Waals surface area contributed by atoms with Gasteiger partial charge in [-0.15, -0.1) is 0 Å². The topological polar surface area (TPSA) is 115 Å². The maximum absolute atomic E-state index is 13.1. The number of likely N-dealkylation sites (tertiary alicyclic amines) is 1. The van der Waals surface area contributed by atoms with Gasteiger partial charge in [0, 0.05) is 96.7 Å². The van der Waals surface area contributed by atoms with Crippen molar-refractivity contribution >= 4 is 35.4 Å². The number of nitrogens with one attached hydrogen (secondary N) is 1. The van der Waals surface area contributed by atoms with Gasteiger partial charge in [-0.25, -0.2) is 9.59 Å². The fourth-order valence-electron chi connectivity index (χ4n) is 7.53. The number of amides is 4. The lowest BCUT2D eigenvalue weighted by atomic mass is 9.91. The van der Waals surface area contributed by atoms with Crippen molar-refractivity contribution in [1.29, 1.82) is 0 Å². The van der Waals surface area contributed by atoms with Crippen molar-refractivity contribution in [3.63, 3.8) is 0 Å². The number of carbonyl (C=O) groups excluding carboxylic acids is 4. The molecule has 0 radical (unpaired) electrons. The predicted molar refractivity (Wildman–Crippen MR) is 230 cm³/mol. The van der Waals surface area contributed by atoms with Crippen LogP contribution in [0.3, 0.4) is 0 Å². The summed E-state index contributed by atoms with van der Waals surface area (Å²) in [6, 6.07) is 25.6. The van der Waals surface area contributed by atoms with Gasteiger partial charge in [-0.1, -0.05) is 48.5 Å². The number of nitrogens with zero attached hydrogens (tertiary/aromatic N) is 5. The zero-order valence-corrected chi connectivity index (χ0v) is 35.5. The van der Waals surface area contributed by atoms with Gasteiger partial charge in [-0.05, 0) is 101 Å². The summed E-state index contributed by atoms with van der Waals surface area (Å²) in [4.78, 5) is 60.9. The third-order valence-electron chi connectivity index (χ3n) is 11.1. The van der Waals surface area contributed by atoms with Crippen LogP contribution >= 0.6 is 0 Å². The quantitative estimate of drug-likeness (QED) is 0.166. The van der Waals surface area contributed by atoms with Crippen LogP contribution in [0, 0.1) is 5.92 Å². The highest BCUT2D eigenvalue weighted by atomic mass is 16.6. The normalized spacial score (nSPS) is 15.4. The number of ether oxygens (including phenoxy) is 2. The molecule has 12 heteroatoms. The molecule has 0 aromatic heterocycles. The number of piperidine rings is 2. The van der Waals surface area contributed by atoms with Crippen molar-refractivity contribution < 1.29 is 28.7 Å². The molecule has 0 spiro atoms. The second-order valence-electron chi connectivity index (χ2n) is 16.8. The van der Waals surface area contributed by atoms with Gasteiger partial charge in [0.25, 0.3) is 5.91 Å². The molecule has 2 aliphatic rings. The van der Waals surface area contributed by atoms with Crippen molar-refractivity contribution in [3.8, 4) is 11.1 Å². The van der Waals surface area contributed by atoms with E-state index in [9.17, 15) is 19.2 Å². The van der Waals surface area contributed by atoms with Gasteiger partial charge < -0.3 is 34.0 Å². The molecule has 2 aliphatic heterocycles. The molecule has 5 rings (SSSR count). The highest BCUT2D eigenvalue weighted by molar-refractivity contribution is 5.94. The molecule has 314 valence electrons. The summed E-state index contributed by atoms with van der Waals surface area (Å²) in [5, 5.41) is 2.94. The van der Waals surface area contributed by atoms with Crippen LogP contribution in [0.5, 0.6) is 0 Å². The number of likely N-dealkylation sites (N-methyl/N-ethyl adjacent to an activating group) is 1. The first kappa shape index (κ1) is 44.0. The third-order valence-corrected chi connectivity index (χ3v) is 11.1. The predicted octanol–water partition coefficient (Wildman–Crippen LogP) is 7.85. The zero-order chi connectivity index (χ0) is 41.7. The second-order valence-corrected chi connectivity index (χ2v) is 16.8. The molecule has 2 fully saturated rings. The SMILES string of the molecule is CN(CCN1CCC(OC(=O)Nc2ccccc2-c2ccccc2)CC1)C(=O)CCC1CCN(c2ccc(C(=O)N(C)CCCN(C)C(=O)OC(C)(C)C)cc2)CC1. The summed E-state index contributed by atoms with van der Waals surface area (Å²) < 4.78 is 11.2. The van der Waals surface area contributed by atoms with Gasteiger partial charge in [-0.3, -0.25) is 14.9 Å². The van der Waals surface area contributed by atoms with Crippen LogP contribution in [0.2, 0.25) is 0 Å². The third kappa shape index (κ3) is 13.5. The molecule has 3 aromatic rings. The monoisotopic (exact) mass is 796 g/mol. The molecule has 12 nitrogen and oxygen atoms in total.